The molecule has 0 atom stereocenters. The average Bonchev–Trinajstić information content (AvgIpc) is 2.36. The fourth-order valence-corrected chi connectivity index (χ4v) is 2.54. The van der Waals surface area contributed by atoms with Crippen LogP contribution < -0.4 is 5.32 Å². The minimum Gasteiger partial charge on any atom is -0.383 e. The summed E-state index contributed by atoms with van der Waals surface area (Å²) in [7, 11) is 0. The van der Waals surface area contributed by atoms with Crippen molar-refractivity contribution < 1.29 is 0 Å². The Morgan fingerprint density at radius 2 is 2.00 bits per heavy atom. The van der Waals surface area contributed by atoms with E-state index >= 15 is 0 Å². The van der Waals surface area contributed by atoms with Gasteiger partial charge in [-0.1, -0.05) is 18.2 Å². The molecule has 2 aromatic rings. The first kappa shape index (κ1) is 12.5. The van der Waals surface area contributed by atoms with Gasteiger partial charge in [0.25, 0.3) is 0 Å². The second kappa shape index (κ2) is 6.67. The number of rotatable bonds is 5. The topological polar surface area (TPSA) is 24.9 Å². The number of nitrogens with zero attached hydrogens (tertiary/aromatic N) is 1. The Morgan fingerprint density at radius 1 is 1.18 bits per heavy atom. The van der Waals surface area contributed by atoms with Gasteiger partial charge in [-0.2, -0.15) is 0 Å². The molecule has 0 saturated carbocycles. The van der Waals surface area contributed by atoms with Crippen molar-refractivity contribution in [3.63, 3.8) is 0 Å². The van der Waals surface area contributed by atoms with Gasteiger partial charge in [-0.15, -0.1) is 11.8 Å². The molecule has 1 aromatic carbocycles. The molecule has 17 heavy (non-hydrogen) atoms. The molecule has 88 valence electrons. The summed E-state index contributed by atoms with van der Waals surface area (Å²) in [5.74, 6) is 1.04. The first-order valence-electron chi connectivity index (χ1n) is 5.37. The predicted molar refractivity (Wildman–Crippen MR) is 77.6 cm³/mol. The Labute approximate surface area is 114 Å². The van der Waals surface area contributed by atoms with Gasteiger partial charge in [0.15, 0.2) is 0 Å². The molecule has 0 spiro atoms. The highest BCUT2D eigenvalue weighted by molar-refractivity contribution is 9.10. The van der Waals surface area contributed by atoms with E-state index in [4.69, 9.17) is 0 Å². The number of anilines is 1. The summed E-state index contributed by atoms with van der Waals surface area (Å²) in [5, 5.41) is 3.34. The maximum absolute atomic E-state index is 4.10. The summed E-state index contributed by atoms with van der Waals surface area (Å²) in [6.07, 6.45) is 3.61. The van der Waals surface area contributed by atoms with Gasteiger partial charge >= 0.3 is 0 Å². The Bertz CT molecular complexity index is 462. The molecule has 2 rings (SSSR count). The Kier molecular flexibility index (Phi) is 4.88. The summed E-state index contributed by atoms with van der Waals surface area (Å²) in [6.45, 7) is 0.928. The van der Waals surface area contributed by atoms with Gasteiger partial charge in [-0.05, 0) is 34.1 Å². The summed E-state index contributed by atoms with van der Waals surface area (Å²) < 4.78 is 0.998. The molecule has 4 heteroatoms. The standard InChI is InChI=1S/C13H13BrN2S/c14-11-8-12(10-15-9-11)16-6-7-17-13-4-2-1-3-5-13/h1-5,8-10,16H,6-7H2. The molecule has 0 aliphatic rings. The molecular weight excluding hydrogens is 296 g/mol. The lowest BCUT2D eigenvalue weighted by atomic mass is 10.4. The zero-order valence-electron chi connectivity index (χ0n) is 9.27. The molecular formula is C13H13BrN2S. The number of halogens is 1. The quantitative estimate of drug-likeness (QED) is 0.666. The number of aromatic nitrogens is 1. The molecule has 0 aliphatic heterocycles. The van der Waals surface area contributed by atoms with Crippen molar-refractivity contribution in [3.05, 3.63) is 53.3 Å². The van der Waals surface area contributed by atoms with E-state index in [0.29, 0.717) is 0 Å². The minimum absolute atomic E-state index is 0.928. The zero-order valence-corrected chi connectivity index (χ0v) is 11.7. The van der Waals surface area contributed by atoms with E-state index in [-0.39, 0.29) is 0 Å². The van der Waals surface area contributed by atoms with E-state index in [2.05, 4.69) is 50.5 Å². The molecule has 0 bridgehead atoms. The molecule has 0 fully saturated rings. The van der Waals surface area contributed by atoms with Crippen LogP contribution in [0.5, 0.6) is 0 Å². The van der Waals surface area contributed by atoms with Crippen LogP contribution in [0.25, 0.3) is 0 Å². The first-order chi connectivity index (χ1) is 8.34. The van der Waals surface area contributed by atoms with Crippen LogP contribution in [0.2, 0.25) is 0 Å². The summed E-state index contributed by atoms with van der Waals surface area (Å²) in [4.78, 5) is 5.41. The molecule has 0 saturated heterocycles. The van der Waals surface area contributed by atoms with Crippen molar-refractivity contribution in [3.8, 4) is 0 Å². The fourth-order valence-electron chi connectivity index (χ4n) is 1.39. The normalized spacial score (nSPS) is 10.2. The van der Waals surface area contributed by atoms with Crippen molar-refractivity contribution in [1.82, 2.24) is 4.98 Å². The molecule has 2 nitrogen and oxygen atoms in total. The Morgan fingerprint density at radius 3 is 2.76 bits per heavy atom. The van der Waals surface area contributed by atoms with Gasteiger partial charge in [0.05, 0.1) is 11.9 Å². The van der Waals surface area contributed by atoms with Crippen LogP contribution in [0.4, 0.5) is 5.69 Å². The lowest BCUT2D eigenvalue weighted by Gasteiger charge is -2.06. The van der Waals surface area contributed by atoms with Gasteiger partial charge in [0, 0.05) is 27.9 Å². The fraction of sp³-hybridized carbons (Fsp3) is 0.154. The third-order valence-electron chi connectivity index (χ3n) is 2.15. The highest BCUT2D eigenvalue weighted by Crippen LogP contribution is 2.17. The third kappa shape index (κ3) is 4.40. The van der Waals surface area contributed by atoms with Crippen LogP contribution in [-0.4, -0.2) is 17.3 Å². The average molecular weight is 309 g/mol. The first-order valence-corrected chi connectivity index (χ1v) is 7.15. The van der Waals surface area contributed by atoms with Gasteiger partial charge in [0.1, 0.15) is 0 Å². The van der Waals surface area contributed by atoms with Crippen LogP contribution in [0.1, 0.15) is 0 Å². The van der Waals surface area contributed by atoms with Crippen molar-refractivity contribution >= 4 is 33.4 Å². The smallest absolute Gasteiger partial charge is 0.0538 e. The van der Waals surface area contributed by atoms with E-state index in [9.17, 15) is 0 Å². The largest absolute Gasteiger partial charge is 0.383 e. The Hall–Kier alpha value is -1.00. The number of pyridine rings is 1. The molecule has 0 aliphatic carbocycles. The number of hydrogen-bond acceptors (Lipinski definition) is 3. The van der Waals surface area contributed by atoms with Gasteiger partial charge in [-0.3, -0.25) is 4.98 Å². The lowest BCUT2D eigenvalue weighted by Crippen LogP contribution is -2.04. The highest BCUT2D eigenvalue weighted by atomic mass is 79.9. The van der Waals surface area contributed by atoms with E-state index in [1.165, 1.54) is 4.90 Å². The summed E-state index contributed by atoms with van der Waals surface area (Å²) in [6, 6.07) is 12.5. The zero-order chi connectivity index (χ0) is 11.9. The van der Waals surface area contributed by atoms with Crippen LogP contribution in [0, 0.1) is 0 Å². The second-order valence-electron chi connectivity index (χ2n) is 3.48. The van der Waals surface area contributed by atoms with Crippen LogP contribution in [-0.2, 0) is 0 Å². The molecule has 1 N–H and O–H groups in total. The van der Waals surface area contributed by atoms with Crippen molar-refractivity contribution in [2.24, 2.45) is 0 Å². The molecule has 0 unspecified atom stereocenters. The van der Waals surface area contributed by atoms with Crippen LogP contribution in [0.15, 0.2) is 58.2 Å². The predicted octanol–water partition coefficient (Wildman–Crippen LogP) is 4.05. The maximum Gasteiger partial charge on any atom is 0.0538 e. The number of thioether (sulfide) groups is 1. The molecule has 0 amide bonds. The maximum atomic E-state index is 4.10. The van der Waals surface area contributed by atoms with E-state index in [1.807, 2.05) is 30.1 Å². The summed E-state index contributed by atoms with van der Waals surface area (Å²) >= 11 is 5.25. The lowest BCUT2D eigenvalue weighted by molar-refractivity contribution is 1.20. The number of nitrogens with one attached hydrogen (secondary N) is 1. The minimum atomic E-state index is 0.928. The van der Waals surface area contributed by atoms with Gasteiger partial charge < -0.3 is 5.32 Å². The van der Waals surface area contributed by atoms with Crippen molar-refractivity contribution in [1.29, 1.82) is 0 Å². The van der Waals surface area contributed by atoms with E-state index < -0.39 is 0 Å². The SMILES string of the molecule is Brc1cncc(NCCSc2ccccc2)c1. The third-order valence-corrected chi connectivity index (χ3v) is 3.60. The van der Waals surface area contributed by atoms with Crippen molar-refractivity contribution in [2.75, 3.05) is 17.6 Å². The van der Waals surface area contributed by atoms with Gasteiger partial charge in [0.2, 0.25) is 0 Å². The Balaban J connectivity index is 1.73. The summed E-state index contributed by atoms with van der Waals surface area (Å²) in [5.41, 5.74) is 1.05. The van der Waals surface area contributed by atoms with Crippen LogP contribution >= 0.6 is 27.7 Å². The van der Waals surface area contributed by atoms with Gasteiger partial charge in [-0.25, -0.2) is 0 Å². The number of hydrogen-bond donors (Lipinski definition) is 1. The van der Waals surface area contributed by atoms with E-state index in [1.54, 1.807) is 6.20 Å². The van der Waals surface area contributed by atoms with Crippen LogP contribution in [0.3, 0.4) is 0 Å². The molecule has 1 heterocycles. The number of benzene rings is 1. The molecule has 0 radical (unpaired) electrons. The van der Waals surface area contributed by atoms with Crippen molar-refractivity contribution in [2.45, 2.75) is 4.90 Å². The highest BCUT2D eigenvalue weighted by Gasteiger charge is 1.95. The second-order valence-corrected chi connectivity index (χ2v) is 5.56. The molecule has 1 aromatic heterocycles. The van der Waals surface area contributed by atoms with E-state index in [0.717, 1.165) is 22.5 Å². The monoisotopic (exact) mass is 308 g/mol.